The van der Waals surface area contributed by atoms with Crippen molar-refractivity contribution in [1.82, 2.24) is 4.98 Å². The molecule has 4 heteroatoms. The van der Waals surface area contributed by atoms with Crippen LogP contribution in [0.2, 0.25) is 0 Å². The number of hydrogen-bond acceptors (Lipinski definition) is 4. The normalized spacial score (nSPS) is 19.8. The molecular formula is C29H32N4. The van der Waals surface area contributed by atoms with E-state index in [9.17, 15) is 5.26 Å². The summed E-state index contributed by atoms with van der Waals surface area (Å²) in [5, 5.41) is 13.8. The van der Waals surface area contributed by atoms with E-state index < -0.39 is 0 Å². The Hall–Kier alpha value is -3.32. The predicted molar refractivity (Wildman–Crippen MR) is 135 cm³/mol. The number of fused-ring (bicyclic) bond motifs is 1. The molecule has 4 nitrogen and oxygen atoms in total. The maximum absolute atomic E-state index is 10.2. The first-order valence-electron chi connectivity index (χ1n) is 12.2. The number of anilines is 2. The molecular weight excluding hydrogens is 404 g/mol. The lowest BCUT2D eigenvalue weighted by molar-refractivity contribution is 0.363. The summed E-state index contributed by atoms with van der Waals surface area (Å²) in [5.74, 6) is 0.523. The first-order chi connectivity index (χ1) is 16.2. The number of pyridine rings is 1. The SMILES string of the molecule is CC(C)CCNc1ccc(C2C(C#N)c3ccc(-c4ccccn4)cc3N2C2CCC2)cc1. The van der Waals surface area contributed by atoms with Crippen molar-refractivity contribution in [2.45, 2.75) is 57.5 Å². The summed E-state index contributed by atoms with van der Waals surface area (Å²) in [4.78, 5) is 7.09. The molecule has 1 aliphatic carbocycles. The van der Waals surface area contributed by atoms with E-state index in [1.165, 1.54) is 30.5 Å². The van der Waals surface area contributed by atoms with Gasteiger partial charge in [-0.05, 0) is 73.1 Å². The lowest BCUT2D eigenvalue weighted by Gasteiger charge is -2.41. The highest BCUT2D eigenvalue weighted by atomic mass is 15.2. The number of hydrogen-bond donors (Lipinski definition) is 1. The summed E-state index contributed by atoms with van der Waals surface area (Å²) in [5.41, 5.74) is 6.81. The highest BCUT2D eigenvalue weighted by Gasteiger charge is 2.44. The molecule has 2 atom stereocenters. The van der Waals surface area contributed by atoms with Gasteiger partial charge >= 0.3 is 0 Å². The number of nitriles is 1. The van der Waals surface area contributed by atoms with E-state index in [4.69, 9.17) is 0 Å². The topological polar surface area (TPSA) is 52.0 Å². The van der Waals surface area contributed by atoms with Gasteiger partial charge in [-0.15, -0.1) is 0 Å². The van der Waals surface area contributed by atoms with Crippen LogP contribution < -0.4 is 10.2 Å². The monoisotopic (exact) mass is 436 g/mol. The summed E-state index contributed by atoms with van der Waals surface area (Å²) in [6.07, 6.45) is 6.64. The molecule has 0 bridgehead atoms. The zero-order chi connectivity index (χ0) is 22.8. The predicted octanol–water partition coefficient (Wildman–Crippen LogP) is 6.93. The molecule has 5 rings (SSSR count). The van der Waals surface area contributed by atoms with Gasteiger partial charge < -0.3 is 10.2 Å². The van der Waals surface area contributed by atoms with Gasteiger partial charge in [-0.1, -0.05) is 44.2 Å². The molecule has 1 N–H and O–H groups in total. The molecule has 0 spiro atoms. The second-order valence-corrected chi connectivity index (χ2v) is 9.76. The van der Waals surface area contributed by atoms with Crippen molar-refractivity contribution >= 4 is 11.4 Å². The van der Waals surface area contributed by atoms with Gasteiger partial charge in [0, 0.05) is 35.7 Å². The largest absolute Gasteiger partial charge is 0.385 e. The maximum Gasteiger partial charge on any atom is 0.0977 e. The first kappa shape index (κ1) is 21.5. The van der Waals surface area contributed by atoms with Crippen LogP contribution in [-0.4, -0.2) is 17.6 Å². The van der Waals surface area contributed by atoms with Gasteiger partial charge in [0.2, 0.25) is 0 Å². The number of nitrogens with zero attached hydrogens (tertiary/aromatic N) is 3. The van der Waals surface area contributed by atoms with Crippen LogP contribution in [0, 0.1) is 17.2 Å². The lowest BCUT2D eigenvalue weighted by atomic mass is 9.87. The van der Waals surface area contributed by atoms with Crippen molar-refractivity contribution in [3.05, 3.63) is 78.0 Å². The third kappa shape index (κ3) is 4.20. The number of benzene rings is 2. The van der Waals surface area contributed by atoms with E-state index >= 15 is 0 Å². The van der Waals surface area contributed by atoms with Crippen molar-refractivity contribution in [2.75, 3.05) is 16.8 Å². The van der Waals surface area contributed by atoms with Gasteiger partial charge in [0.05, 0.1) is 23.7 Å². The molecule has 1 aliphatic heterocycles. The van der Waals surface area contributed by atoms with E-state index in [-0.39, 0.29) is 12.0 Å². The van der Waals surface area contributed by atoms with E-state index in [1.54, 1.807) is 0 Å². The minimum atomic E-state index is -0.168. The summed E-state index contributed by atoms with van der Waals surface area (Å²) >= 11 is 0. The molecule has 2 heterocycles. The highest BCUT2D eigenvalue weighted by Crippen LogP contribution is 2.53. The fraction of sp³-hybridized carbons (Fsp3) is 0.379. The van der Waals surface area contributed by atoms with E-state index in [0.717, 1.165) is 35.5 Å². The summed E-state index contributed by atoms with van der Waals surface area (Å²) < 4.78 is 0. The zero-order valence-electron chi connectivity index (χ0n) is 19.5. The molecule has 0 amide bonds. The highest BCUT2D eigenvalue weighted by molar-refractivity contribution is 5.74. The molecule has 2 aromatic carbocycles. The van der Waals surface area contributed by atoms with Crippen LogP contribution >= 0.6 is 0 Å². The average Bonchev–Trinajstić information content (AvgIpc) is 3.12. The molecule has 0 saturated heterocycles. The van der Waals surface area contributed by atoms with E-state index in [0.29, 0.717) is 12.0 Å². The van der Waals surface area contributed by atoms with Gasteiger partial charge in [-0.3, -0.25) is 4.98 Å². The Morgan fingerprint density at radius 1 is 1.09 bits per heavy atom. The fourth-order valence-corrected chi connectivity index (χ4v) is 5.09. The summed E-state index contributed by atoms with van der Waals surface area (Å²) in [7, 11) is 0. The van der Waals surface area contributed by atoms with Crippen molar-refractivity contribution < 1.29 is 0 Å². The second kappa shape index (κ2) is 9.27. The Morgan fingerprint density at radius 2 is 1.91 bits per heavy atom. The zero-order valence-corrected chi connectivity index (χ0v) is 19.5. The summed E-state index contributed by atoms with van der Waals surface area (Å²) in [6.45, 7) is 5.48. The Labute approximate surface area is 197 Å². The molecule has 0 radical (unpaired) electrons. The molecule has 1 fully saturated rings. The minimum absolute atomic E-state index is 0.0546. The Bertz CT molecular complexity index is 1130. The minimum Gasteiger partial charge on any atom is -0.385 e. The smallest absolute Gasteiger partial charge is 0.0977 e. The van der Waals surface area contributed by atoms with Crippen molar-refractivity contribution in [3.8, 4) is 17.3 Å². The number of rotatable bonds is 7. The van der Waals surface area contributed by atoms with Gasteiger partial charge in [0.25, 0.3) is 0 Å². The van der Waals surface area contributed by atoms with Crippen molar-refractivity contribution in [3.63, 3.8) is 0 Å². The molecule has 168 valence electrons. The van der Waals surface area contributed by atoms with Gasteiger partial charge in [0.1, 0.15) is 0 Å². The van der Waals surface area contributed by atoms with Gasteiger partial charge in [-0.2, -0.15) is 5.26 Å². The van der Waals surface area contributed by atoms with E-state index in [2.05, 4.69) is 83.6 Å². The molecule has 1 aromatic heterocycles. The van der Waals surface area contributed by atoms with Crippen LogP contribution in [-0.2, 0) is 0 Å². The van der Waals surface area contributed by atoms with Crippen molar-refractivity contribution in [1.29, 1.82) is 5.26 Å². The van der Waals surface area contributed by atoms with Crippen LogP contribution in [0.25, 0.3) is 11.3 Å². The Kier molecular flexibility index (Phi) is 6.05. The lowest BCUT2D eigenvalue weighted by Crippen LogP contribution is -2.41. The fourth-order valence-electron chi connectivity index (χ4n) is 5.09. The van der Waals surface area contributed by atoms with Gasteiger partial charge in [-0.25, -0.2) is 0 Å². The van der Waals surface area contributed by atoms with E-state index in [1.807, 2.05) is 18.3 Å². The number of nitrogens with one attached hydrogen (secondary N) is 1. The van der Waals surface area contributed by atoms with Gasteiger partial charge in [0.15, 0.2) is 0 Å². The maximum atomic E-state index is 10.2. The standard InChI is InChI=1S/C29H32N4/c1-20(2)15-17-31-23-12-9-21(10-13-23)29-26(19-30)25-14-11-22(27-8-3-4-16-32-27)18-28(25)33(29)24-6-5-7-24/h3-4,8-14,16,18,20,24,26,29,31H,5-7,15,17H2,1-2H3. The average molecular weight is 437 g/mol. The quantitative estimate of drug-likeness (QED) is 0.436. The number of aromatic nitrogens is 1. The third-order valence-corrected chi connectivity index (χ3v) is 7.13. The van der Waals surface area contributed by atoms with Crippen LogP contribution in [0.4, 0.5) is 11.4 Å². The van der Waals surface area contributed by atoms with Crippen LogP contribution in [0.5, 0.6) is 0 Å². The molecule has 33 heavy (non-hydrogen) atoms. The van der Waals surface area contributed by atoms with Crippen LogP contribution in [0.15, 0.2) is 66.9 Å². The van der Waals surface area contributed by atoms with Crippen LogP contribution in [0.1, 0.15) is 62.6 Å². The van der Waals surface area contributed by atoms with Crippen LogP contribution in [0.3, 0.4) is 0 Å². The molecule has 3 aromatic rings. The third-order valence-electron chi connectivity index (χ3n) is 7.13. The Balaban J connectivity index is 1.48. The first-order valence-corrected chi connectivity index (χ1v) is 12.2. The molecule has 1 saturated carbocycles. The van der Waals surface area contributed by atoms with Crippen molar-refractivity contribution in [2.24, 2.45) is 5.92 Å². The second-order valence-electron chi connectivity index (χ2n) is 9.76. The Morgan fingerprint density at radius 3 is 2.55 bits per heavy atom. The summed E-state index contributed by atoms with van der Waals surface area (Å²) in [6, 6.07) is 24.5. The molecule has 2 aliphatic rings. The molecule has 2 unspecified atom stereocenters.